The van der Waals surface area contributed by atoms with Gasteiger partial charge in [-0.3, -0.25) is 9.78 Å². The Hall–Kier alpha value is -1.97. The summed E-state index contributed by atoms with van der Waals surface area (Å²) in [7, 11) is 0. The van der Waals surface area contributed by atoms with Gasteiger partial charge in [-0.1, -0.05) is 6.07 Å². The number of aromatic nitrogens is 3. The van der Waals surface area contributed by atoms with Crippen LogP contribution < -0.4 is 5.56 Å². The zero-order chi connectivity index (χ0) is 9.97. The van der Waals surface area contributed by atoms with Crippen molar-refractivity contribution in [3.8, 4) is 11.4 Å². The Morgan fingerprint density at radius 1 is 1.29 bits per heavy atom. The Balaban J connectivity index is 2.56. The molecule has 0 spiro atoms. The average molecular weight is 187 g/mol. The maximum absolute atomic E-state index is 11.3. The number of rotatable bonds is 1. The summed E-state index contributed by atoms with van der Waals surface area (Å²) in [6.45, 7) is 1.94. The van der Waals surface area contributed by atoms with Gasteiger partial charge in [0.2, 0.25) is 0 Å². The molecule has 0 saturated carbocycles. The van der Waals surface area contributed by atoms with Crippen LogP contribution in [0.1, 0.15) is 5.56 Å². The van der Waals surface area contributed by atoms with Crippen molar-refractivity contribution in [1.29, 1.82) is 0 Å². The number of hydrogen-bond donors (Lipinski definition) is 1. The molecule has 2 aromatic rings. The second-order valence-electron chi connectivity index (χ2n) is 2.99. The van der Waals surface area contributed by atoms with Gasteiger partial charge in [-0.25, -0.2) is 4.98 Å². The van der Waals surface area contributed by atoms with Crippen LogP contribution in [0.4, 0.5) is 0 Å². The first-order chi connectivity index (χ1) is 6.77. The molecule has 14 heavy (non-hydrogen) atoms. The number of aryl methyl sites for hydroxylation is 1. The molecule has 0 unspecified atom stereocenters. The lowest BCUT2D eigenvalue weighted by Gasteiger charge is -1.97. The highest BCUT2D eigenvalue weighted by Gasteiger charge is 2.03. The molecule has 2 rings (SSSR count). The third-order valence-electron chi connectivity index (χ3n) is 1.86. The molecule has 0 aromatic carbocycles. The van der Waals surface area contributed by atoms with Gasteiger partial charge in [0.25, 0.3) is 5.56 Å². The molecule has 0 amide bonds. The van der Waals surface area contributed by atoms with Crippen LogP contribution in [-0.4, -0.2) is 15.0 Å². The molecule has 0 atom stereocenters. The minimum Gasteiger partial charge on any atom is -0.326 e. The van der Waals surface area contributed by atoms with Crippen molar-refractivity contribution in [3.63, 3.8) is 0 Å². The number of nitrogens with zero attached hydrogens (tertiary/aromatic N) is 2. The van der Waals surface area contributed by atoms with Gasteiger partial charge in [-0.15, -0.1) is 0 Å². The summed E-state index contributed by atoms with van der Waals surface area (Å²) in [5, 5.41) is 0. The third-order valence-corrected chi connectivity index (χ3v) is 1.86. The monoisotopic (exact) mass is 187 g/mol. The molecular formula is C10H9N3O. The van der Waals surface area contributed by atoms with E-state index in [9.17, 15) is 4.79 Å². The lowest BCUT2D eigenvalue weighted by molar-refractivity contribution is 1.12. The molecule has 0 bridgehead atoms. The SMILES string of the molecule is Cc1ccc(-c2ncc[nH]c2=O)nc1. The molecule has 0 aliphatic rings. The van der Waals surface area contributed by atoms with E-state index in [4.69, 9.17) is 0 Å². The molecule has 4 nitrogen and oxygen atoms in total. The maximum Gasteiger partial charge on any atom is 0.276 e. The maximum atomic E-state index is 11.3. The molecule has 0 aliphatic heterocycles. The first-order valence-corrected chi connectivity index (χ1v) is 4.24. The first-order valence-electron chi connectivity index (χ1n) is 4.24. The largest absolute Gasteiger partial charge is 0.326 e. The summed E-state index contributed by atoms with van der Waals surface area (Å²) in [4.78, 5) is 22.0. The van der Waals surface area contributed by atoms with Crippen molar-refractivity contribution < 1.29 is 0 Å². The fraction of sp³-hybridized carbons (Fsp3) is 0.100. The summed E-state index contributed by atoms with van der Waals surface area (Å²) in [6, 6.07) is 3.68. The van der Waals surface area contributed by atoms with Crippen LogP contribution in [0.15, 0.2) is 35.5 Å². The smallest absolute Gasteiger partial charge is 0.276 e. The second-order valence-corrected chi connectivity index (χ2v) is 2.99. The number of nitrogens with one attached hydrogen (secondary N) is 1. The van der Waals surface area contributed by atoms with Crippen LogP contribution in [0, 0.1) is 6.92 Å². The average Bonchev–Trinajstić information content (AvgIpc) is 2.20. The minimum absolute atomic E-state index is 0.219. The summed E-state index contributed by atoms with van der Waals surface area (Å²) < 4.78 is 0. The molecule has 0 aliphatic carbocycles. The normalized spacial score (nSPS) is 10.1. The van der Waals surface area contributed by atoms with E-state index in [1.54, 1.807) is 12.3 Å². The topological polar surface area (TPSA) is 58.6 Å². The lowest BCUT2D eigenvalue weighted by atomic mass is 10.2. The standard InChI is InChI=1S/C10H9N3O/c1-7-2-3-8(13-6-7)9-10(14)12-5-4-11-9/h2-6H,1H3,(H,12,14). The Morgan fingerprint density at radius 2 is 2.14 bits per heavy atom. The van der Waals surface area contributed by atoms with Gasteiger partial charge < -0.3 is 4.98 Å². The van der Waals surface area contributed by atoms with Gasteiger partial charge in [0.1, 0.15) is 0 Å². The van der Waals surface area contributed by atoms with Crippen molar-refractivity contribution in [2.45, 2.75) is 6.92 Å². The predicted molar refractivity (Wildman–Crippen MR) is 52.8 cm³/mol. The van der Waals surface area contributed by atoms with Crippen LogP contribution in [-0.2, 0) is 0 Å². The van der Waals surface area contributed by atoms with E-state index in [0.29, 0.717) is 11.4 Å². The highest BCUT2D eigenvalue weighted by Crippen LogP contribution is 2.08. The number of hydrogen-bond acceptors (Lipinski definition) is 3. The van der Waals surface area contributed by atoms with E-state index in [1.807, 2.05) is 13.0 Å². The molecule has 4 heteroatoms. The van der Waals surface area contributed by atoms with Gasteiger partial charge in [0.15, 0.2) is 5.69 Å². The molecule has 1 N–H and O–H groups in total. The van der Waals surface area contributed by atoms with Gasteiger partial charge in [0, 0.05) is 18.6 Å². The number of pyridine rings is 1. The van der Waals surface area contributed by atoms with E-state index < -0.39 is 0 Å². The van der Waals surface area contributed by atoms with Crippen LogP contribution in [0.5, 0.6) is 0 Å². The fourth-order valence-corrected chi connectivity index (χ4v) is 1.14. The zero-order valence-electron chi connectivity index (χ0n) is 7.69. The van der Waals surface area contributed by atoms with Gasteiger partial charge in [-0.05, 0) is 18.6 Å². The van der Waals surface area contributed by atoms with E-state index in [0.717, 1.165) is 5.56 Å². The highest BCUT2D eigenvalue weighted by atomic mass is 16.1. The highest BCUT2D eigenvalue weighted by molar-refractivity contribution is 5.52. The Labute approximate surface area is 80.7 Å². The van der Waals surface area contributed by atoms with E-state index >= 15 is 0 Å². The molecular weight excluding hydrogens is 178 g/mol. The quantitative estimate of drug-likeness (QED) is 0.728. The molecule has 70 valence electrons. The van der Waals surface area contributed by atoms with E-state index in [-0.39, 0.29) is 5.56 Å². The molecule has 0 fully saturated rings. The Kier molecular flexibility index (Phi) is 2.10. The van der Waals surface area contributed by atoms with Crippen molar-refractivity contribution in [2.75, 3.05) is 0 Å². The fourth-order valence-electron chi connectivity index (χ4n) is 1.14. The van der Waals surface area contributed by atoms with Crippen LogP contribution in [0.2, 0.25) is 0 Å². The van der Waals surface area contributed by atoms with Crippen molar-refractivity contribution in [1.82, 2.24) is 15.0 Å². The number of H-pyrrole nitrogens is 1. The minimum atomic E-state index is -0.219. The van der Waals surface area contributed by atoms with Crippen molar-refractivity contribution >= 4 is 0 Å². The molecule has 2 aromatic heterocycles. The Bertz CT molecular complexity index is 487. The summed E-state index contributed by atoms with van der Waals surface area (Å²) >= 11 is 0. The van der Waals surface area contributed by atoms with E-state index in [1.165, 1.54) is 12.4 Å². The van der Waals surface area contributed by atoms with Crippen LogP contribution >= 0.6 is 0 Å². The summed E-state index contributed by atoms with van der Waals surface area (Å²) in [5.41, 5.74) is 1.79. The lowest BCUT2D eigenvalue weighted by Crippen LogP contribution is -2.10. The second kappa shape index (κ2) is 3.41. The van der Waals surface area contributed by atoms with Crippen molar-refractivity contribution in [3.05, 3.63) is 46.6 Å². The van der Waals surface area contributed by atoms with Crippen molar-refractivity contribution in [2.24, 2.45) is 0 Å². The van der Waals surface area contributed by atoms with E-state index in [2.05, 4.69) is 15.0 Å². The van der Waals surface area contributed by atoms with Gasteiger partial charge in [-0.2, -0.15) is 0 Å². The third kappa shape index (κ3) is 1.54. The Morgan fingerprint density at radius 3 is 2.79 bits per heavy atom. The van der Waals surface area contributed by atoms with Crippen LogP contribution in [0.25, 0.3) is 11.4 Å². The van der Waals surface area contributed by atoms with Crippen LogP contribution in [0.3, 0.4) is 0 Å². The predicted octanol–water partition coefficient (Wildman–Crippen LogP) is 1.14. The number of aromatic amines is 1. The zero-order valence-corrected chi connectivity index (χ0v) is 7.69. The summed E-state index contributed by atoms with van der Waals surface area (Å²) in [5.74, 6) is 0. The molecule has 0 saturated heterocycles. The van der Waals surface area contributed by atoms with Gasteiger partial charge >= 0.3 is 0 Å². The molecule has 2 heterocycles. The molecule has 0 radical (unpaired) electrons. The first kappa shape index (κ1) is 8.62. The van der Waals surface area contributed by atoms with Gasteiger partial charge in [0.05, 0.1) is 5.69 Å². The summed E-state index contributed by atoms with van der Waals surface area (Å²) in [6.07, 6.45) is 4.75.